The number of amides is 1. The van der Waals surface area contributed by atoms with Gasteiger partial charge in [-0.3, -0.25) is 9.59 Å². The summed E-state index contributed by atoms with van der Waals surface area (Å²) >= 11 is 0. The van der Waals surface area contributed by atoms with Gasteiger partial charge in [-0.25, -0.2) is 0 Å². The molecule has 6 heteroatoms. The Labute approximate surface area is 118 Å². The van der Waals surface area contributed by atoms with Crippen LogP contribution in [0.15, 0.2) is 24.3 Å². The van der Waals surface area contributed by atoms with Crippen molar-refractivity contribution in [2.75, 3.05) is 26.0 Å². The lowest BCUT2D eigenvalue weighted by Gasteiger charge is -2.07. The average Bonchev–Trinajstić information content (AvgIpc) is 2.43. The van der Waals surface area contributed by atoms with Crippen LogP contribution in [0.3, 0.4) is 0 Å². The molecule has 0 saturated heterocycles. The Hall–Kier alpha value is -2.24. The van der Waals surface area contributed by atoms with Crippen LogP contribution in [0, 0.1) is 0 Å². The van der Waals surface area contributed by atoms with E-state index in [4.69, 9.17) is 15.2 Å². The highest BCUT2D eigenvalue weighted by atomic mass is 16.5. The first-order valence-corrected chi connectivity index (χ1v) is 6.46. The zero-order valence-electron chi connectivity index (χ0n) is 11.6. The van der Waals surface area contributed by atoms with Crippen LogP contribution in [0.4, 0.5) is 5.69 Å². The minimum Gasteiger partial charge on any atom is -0.493 e. The molecule has 0 unspecified atom stereocenters. The maximum atomic E-state index is 11.4. The first-order chi connectivity index (χ1) is 9.61. The van der Waals surface area contributed by atoms with Crippen LogP contribution in [-0.4, -0.2) is 32.1 Å². The minimum atomic E-state index is -0.342. The zero-order valence-corrected chi connectivity index (χ0v) is 11.6. The molecule has 0 aliphatic carbocycles. The van der Waals surface area contributed by atoms with E-state index in [0.29, 0.717) is 24.3 Å². The second kappa shape index (κ2) is 8.79. The molecule has 0 radical (unpaired) electrons. The number of nitrogens with two attached hydrogens (primary N) is 1. The molecule has 0 aliphatic heterocycles. The van der Waals surface area contributed by atoms with Crippen molar-refractivity contribution in [1.82, 2.24) is 5.32 Å². The van der Waals surface area contributed by atoms with E-state index < -0.39 is 0 Å². The molecule has 3 N–H and O–H groups in total. The third-order valence-electron chi connectivity index (χ3n) is 2.52. The van der Waals surface area contributed by atoms with Gasteiger partial charge in [0.1, 0.15) is 5.75 Å². The zero-order chi connectivity index (χ0) is 14.8. The van der Waals surface area contributed by atoms with Gasteiger partial charge in [-0.05, 0) is 18.6 Å². The molecule has 1 rings (SSSR count). The number of carbonyl (C=O) groups excluding carboxylic acids is 2. The van der Waals surface area contributed by atoms with E-state index in [9.17, 15) is 9.59 Å². The lowest BCUT2D eigenvalue weighted by Crippen LogP contribution is -2.18. The van der Waals surface area contributed by atoms with Crippen molar-refractivity contribution < 1.29 is 19.1 Å². The van der Waals surface area contributed by atoms with Gasteiger partial charge in [-0.2, -0.15) is 0 Å². The average molecular weight is 280 g/mol. The van der Waals surface area contributed by atoms with E-state index in [1.807, 2.05) is 0 Å². The van der Waals surface area contributed by atoms with Gasteiger partial charge in [0.05, 0.1) is 19.6 Å². The number of hydrogen-bond acceptors (Lipinski definition) is 5. The normalized spacial score (nSPS) is 9.85. The van der Waals surface area contributed by atoms with E-state index in [0.717, 1.165) is 0 Å². The van der Waals surface area contributed by atoms with Crippen molar-refractivity contribution in [2.24, 2.45) is 0 Å². The van der Waals surface area contributed by atoms with Crippen LogP contribution < -0.4 is 15.8 Å². The molecule has 0 aromatic heterocycles. The lowest BCUT2D eigenvalue weighted by atomic mass is 10.3. The SMILES string of the molecule is CNC(=O)CCCOC(=O)CCOc1cccc(N)c1. The van der Waals surface area contributed by atoms with Crippen LogP contribution >= 0.6 is 0 Å². The summed E-state index contributed by atoms with van der Waals surface area (Å²) in [4.78, 5) is 22.3. The fourth-order valence-corrected chi connectivity index (χ4v) is 1.47. The van der Waals surface area contributed by atoms with Gasteiger partial charge in [-0.15, -0.1) is 0 Å². The molecule has 0 spiro atoms. The highest BCUT2D eigenvalue weighted by molar-refractivity contribution is 5.75. The smallest absolute Gasteiger partial charge is 0.309 e. The van der Waals surface area contributed by atoms with Gasteiger partial charge < -0.3 is 20.5 Å². The Kier molecular flexibility index (Phi) is 6.95. The molecule has 0 bridgehead atoms. The van der Waals surface area contributed by atoms with E-state index in [2.05, 4.69) is 5.32 Å². The minimum absolute atomic E-state index is 0.0638. The molecule has 0 aliphatic rings. The number of rotatable bonds is 8. The molecular formula is C14H20N2O4. The molecule has 110 valence electrons. The fourth-order valence-electron chi connectivity index (χ4n) is 1.47. The highest BCUT2D eigenvalue weighted by Crippen LogP contribution is 2.14. The summed E-state index contributed by atoms with van der Waals surface area (Å²) in [6.45, 7) is 0.474. The lowest BCUT2D eigenvalue weighted by molar-refractivity contribution is -0.144. The second-order valence-corrected chi connectivity index (χ2v) is 4.17. The van der Waals surface area contributed by atoms with Crippen LogP contribution in [-0.2, 0) is 14.3 Å². The molecule has 1 aromatic carbocycles. The maximum absolute atomic E-state index is 11.4. The quantitative estimate of drug-likeness (QED) is 0.423. The van der Waals surface area contributed by atoms with Gasteiger partial charge in [0, 0.05) is 25.2 Å². The predicted octanol–water partition coefficient (Wildman–Crippen LogP) is 1.11. The standard InChI is InChI=1S/C14H20N2O4/c1-16-13(17)6-3-8-20-14(18)7-9-19-12-5-2-4-11(15)10-12/h2,4-5,10H,3,6-9,15H2,1H3,(H,16,17). The molecule has 6 nitrogen and oxygen atoms in total. The van der Waals surface area contributed by atoms with Crippen LogP contribution in [0.25, 0.3) is 0 Å². The molecule has 1 amide bonds. The van der Waals surface area contributed by atoms with E-state index in [-0.39, 0.29) is 31.5 Å². The van der Waals surface area contributed by atoms with E-state index in [1.54, 1.807) is 31.3 Å². The number of nitrogen functional groups attached to an aromatic ring is 1. The molecule has 20 heavy (non-hydrogen) atoms. The van der Waals surface area contributed by atoms with Gasteiger partial charge >= 0.3 is 5.97 Å². The Balaban J connectivity index is 2.10. The Morgan fingerprint density at radius 3 is 2.75 bits per heavy atom. The Morgan fingerprint density at radius 1 is 1.25 bits per heavy atom. The monoisotopic (exact) mass is 280 g/mol. The third kappa shape index (κ3) is 6.63. The van der Waals surface area contributed by atoms with Gasteiger partial charge in [0.15, 0.2) is 0 Å². The van der Waals surface area contributed by atoms with Crippen molar-refractivity contribution >= 4 is 17.6 Å². The predicted molar refractivity (Wildman–Crippen MR) is 75.2 cm³/mol. The summed E-state index contributed by atoms with van der Waals surface area (Å²) in [7, 11) is 1.57. The maximum Gasteiger partial charge on any atom is 0.309 e. The first-order valence-electron chi connectivity index (χ1n) is 6.46. The number of anilines is 1. The van der Waals surface area contributed by atoms with Crippen molar-refractivity contribution in [2.45, 2.75) is 19.3 Å². The second-order valence-electron chi connectivity index (χ2n) is 4.17. The van der Waals surface area contributed by atoms with Crippen molar-refractivity contribution in [3.8, 4) is 5.75 Å². The molecular weight excluding hydrogens is 260 g/mol. The first kappa shape index (κ1) is 15.8. The Morgan fingerprint density at radius 2 is 2.05 bits per heavy atom. The number of nitrogens with one attached hydrogen (secondary N) is 1. The highest BCUT2D eigenvalue weighted by Gasteiger charge is 2.04. The summed E-state index contributed by atoms with van der Waals surface area (Å²) in [5.41, 5.74) is 6.21. The van der Waals surface area contributed by atoms with Crippen LogP contribution in [0.1, 0.15) is 19.3 Å². The summed E-state index contributed by atoms with van der Waals surface area (Å²) in [6.07, 6.45) is 1.03. The molecule has 1 aromatic rings. The molecule has 0 saturated carbocycles. The van der Waals surface area contributed by atoms with Gasteiger partial charge in [0.2, 0.25) is 5.91 Å². The molecule has 0 heterocycles. The van der Waals surface area contributed by atoms with Crippen LogP contribution in [0.2, 0.25) is 0 Å². The molecule has 0 atom stereocenters. The van der Waals surface area contributed by atoms with E-state index >= 15 is 0 Å². The van der Waals surface area contributed by atoms with E-state index in [1.165, 1.54) is 0 Å². The summed E-state index contributed by atoms with van der Waals surface area (Å²) in [6, 6.07) is 7.00. The summed E-state index contributed by atoms with van der Waals surface area (Å²) < 4.78 is 10.3. The van der Waals surface area contributed by atoms with Gasteiger partial charge in [-0.1, -0.05) is 6.07 Å². The van der Waals surface area contributed by atoms with Gasteiger partial charge in [0.25, 0.3) is 0 Å². The number of esters is 1. The van der Waals surface area contributed by atoms with Crippen molar-refractivity contribution in [1.29, 1.82) is 0 Å². The van der Waals surface area contributed by atoms with Crippen molar-refractivity contribution in [3.05, 3.63) is 24.3 Å². The fraction of sp³-hybridized carbons (Fsp3) is 0.429. The third-order valence-corrected chi connectivity index (χ3v) is 2.52. The summed E-state index contributed by atoms with van der Waals surface area (Å²) in [5, 5.41) is 2.50. The number of benzene rings is 1. The summed E-state index contributed by atoms with van der Waals surface area (Å²) in [5.74, 6) is 0.217. The Bertz CT molecular complexity index is 449. The topological polar surface area (TPSA) is 90.6 Å². The largest absolute Gasteiger partial charge is 0.493 e. The number of ether oxygens (including phenoxy) is 2. The number of hydrogen-bond donors (Lipinski definition) is 2. The number of carbonyl (C=O) groups is 2. The van der Waals surface area contributed by atoms with Crippen LogP contribution in [0.5, 0.6) is 5.75 Å². The molecule has 0 fully saturated rings. The van der Waals surface area contributed by atoms with Crippen molar-refractivity contribution in [3.63, 3.8) is 0 Å².